The van der Waals surface area contributed by atoms with Crippen LogP contribution in [0.15, 0.2) is 79.6 Å². The minimum absolute atomic E-state index is 0.287. The van der Waals surface area contributed by atoms with Crippen LogP contribution >= 0.6 is 23.2 Å². The topological polar surface area (TPSA) is 77.8 Å². The third-order valence-corrected chi connectivity index (χ3v) is 7.72. The van der Waals surface area contributed by atoms with Crippen LogP contribution in [0.3, 0.4) is 0 Å². The Morgan fingerprint density at radius 3 is 2.58 bits per heavy atom. The largest absolute Gasteiger partial charge is 0.491 e. The van der Waals surface area contributed by atoms with Gasteiger partial charge in [0.25, 0.3) is 0 Å². The second-order valence-corrected chi connectivity index (χ2v) is 10.8. The van der Waals surface area contributed by atoms with Gasteiger partial charge in [-0.1, -0.05) is 35.3 Å². The van der Waals surface area contributed by atoms with Crippen LogP contribution in [0.4, 0.5) is 5.69 Å². The molecule has 0 bridgehead atoms. The van der Waals surface area contributed by atoms with Gasteiger partial charge in [-0.3, -0.25) is 9.88 Å². The Morgan fingerprint density at radius 2 is 1.85 bits per heavy atom. The first kappa shape index (κ1) is 27.0. The van der Waals surface area contributed by atoms with Gasteiger partial charge in [0.2, 0.25) is 5.79 Å². The minimum Gasteiger partial charge on any atom is -0.491 e. The van der Waals surface area contributed by atoms with Gasteiger partial charge in [0.05, 0.1) is 11.6 Å². The molecule has 0 aliphatic carbocycles. The van der Waals surface area contributed by atoms with Gasteiger partial charge < -0.3 is 19.1 Å². The number of ether oxygens (including phenoxy) is 3. The van der Waals surface area contributed by atoms with E-state index in [-0.39, 0.29) is 12.6 Å². The number of benzene rings is 2. The Bertz CT molecular complexity index is 1380. The summed E-state index contributed by atoms with van der Waals surface area (Å²) in [6.07, 6.45) is 6.54. The van der Waals surface area contributed by atoms with E-state index in [9.17, 15) is 0 Å². The van der Waals surface area contributed by atoms with E-state index in [1.165, 1.54) is 17.6 Å². The highest BCUT2D eigenvalue weighted by atomic mass is 35.5. The quantitative estimate of drug-likeness (QED) is 0.283. The van der Waals surface area contributed by atoms with Crippen LogP contribution in [0.25, 0.3) is 0 Å². The molecule has 40 heavy (non-hydrogen) atoms. The maximum Gasteiger partial charge on any atom is 0.217 e. The highest BCUT2D eigenvalue weighted by Crippen LogP contribution is 2.40. The lowest BCUT2D eigenvalue weighted by atomic mass is 10.1. The van der Waals surface area contributed by atoms with Gasteiger partial charge in [0.15, 0.2) is 0 Å². The summed E-state index contributed by atoms with van der Waals surface area (Å²) in [5.74, 6) is -0.354. The second kappa shape index (κ2) is 12.1. The van der Waals surface area contributed by atoms with E-state index in [4.69, 9.17) is 37.4 Å². The summed E-state index contributed by atoms with van der Waals surface area (Å²) in [4.78, 5) is 13.1. The molecule has 2 aliphatic heterocycles. The highest BCUT2D eigenvalue weighted by molar-refractivity contribution is 6.35. The van der Waals surface area contributed by atoms with E-state index < -0.39 is 5.79 Å². The molecule has 0 saturated carbocycles. The fourth-order valence-electron chi connectivity index (χ4n) is 5.14. The van der Waals surface area contributed by atoms with E-state index in [1.54, 1.807) is 23.1 Å². The Hall–Kier alpha value is -3.21. The van der Waals surface area contributed by atoms with Crippen molar-refractivity contribution in [3.63, 3.8) is 0 Å². The number of hydrogen-bond donors (Lipinski definition) is 0. The van der Waals surface area contributed by atoms with Crippen LogP contribution in [-0.4, -0.2) is 70.1 Å². The van der Waals surface area contributed by atoms with Gasteiger partial charge in [0, 0.05) is 61.4 Å². The summed E-state index contributed by atoms with van der Waals surface area (Å²) in [5, 5.41) is 5.22. The molecule has 0 radical (unpaired) electrons. The fourth-order valence-corrected chi connectivity index (χ4v) is 5.69. The van der Waals surface area contributed by atoms with Crippen LogP contribution < -0.4 is 9.64 Å². The zero-order chi connectivity index (χ0) is 27.4. The van der Waals surface area contributed by atoms with Gasteiger partial charge in [-0.15, -0.1) is 0 Å². The maximum atomic E-state index is 6.55. The van der Waals surface area contributed by atoms with E-state index >= 15 is 0 Å². The maximum absolute atomic E-state index is 6.55. The lowest BCUT2D eigenvalue weighted by Crippen LogP contribution is -2.45. The van der Waals surface area contributed by atoms with Crippen molar-refractivity contribution in [2.75, 3.05) is 44.3 Å². The average molecular weight is 582 g/mol. The minimum atomic E-state index is -1.13. The lowest BCUT2D eigenvalue weighted by Gasteiger charge is -2.36. The van der Waals surface area contributed by atoms with Crippen molar-refractivity contribution >= 4 is 28.9 Å². The molecule has 2 aliphatic rings. The molecular formula is C29H30Cl2N6O3. The number of rotatable bonds is 9. The van der Waals surface area contributed by atoms with Crippen molar-refractivity contribution < 1.29 is 14.2 Å². The summed E-state index contributed by atoms with van der Waals surface area (Å²) < 4.78 is 20.4. The van der Waals surface area contributed by atoms with Crippen molar-refractivity contribution in [3.05, 3.63) is 101 Å². The van der Waals surface area contributed by atoms with Gasteiger partial charge in [-0.05, 0) is 48.0 Å². The van der Waals surface area contributed by atoms with Crippen molar-refractivity contribution in [1.82, 2.24) is 24.6 Å². The average Bonchev–Trinajstić information content (AvgIpc) is 3.64. The molecule has 4 aromatic rings. The number of aromatic nitrogens is 4. The Kier molecular flexibility index (Phi) is 8.17. The smallest absolute Gasteiger partial charge is 0.217 e. The summed E-state index contributed by atoms with van der Waals surface area (Å²) in [6, 6.07) is 17.6. The first-order chi connectivity index (χ1) is 19.6. The molecule has 2 fully saturated rings. The summed E-state index contributed by atoms with van der Waals surface area (Å²) in [7, 11) is 0. The summed E-state index contributed by atoms with van der Waals surface area (Å²) >= 11 is 12.7. The standard InChI is InChI=1S/C29H30Cl2N6O3/c30-23-3-8-27(28(31)14-23)29(19-37-21-33-20-34-37)39-18-26(40-29)17-38-25-6-4-24(5-7-25)36-12-10-35(11-13-36)16-22-2-1-9-32-15-22/h1-9,14-15,20-21,26H,10-13,16-19H2. The number of hydrogen-bond acceptors (Lipinski definition) is 8. The second-order valence-electron chi connectivity index (χ2n) is 9.95. The first-order valence-corrected chi connectivity index (χ1v) is 14.0. The van der Waals surface area contributed by atoms with E-state index in [2.05, 4.69) is 43.1 Å². The van der Waals surface area contributed by atoms with Gasteiger partial charge in [-0.25, -0.2) is 9.67 Å². The molecule has 0 N–H and O–H groups in total. The first-order valence-electron chi connectivity index (χ1n) is 13.3. The van der Waals surface area contributed by atoms with E-state index in [0.29, 0.717) is 28.8 Å². The van der Waals surface area contributed by atoms with Crippen molar-refractivity contribution in [2.24, 2.45) is 0 Å². The lowest BCUT2D eigenvalue weighted by molar-refractivity contribution is -0.190. The molecule has 0 spiro atoms. The number of pyridine rings is 1. The predicted molar refractivity (Wildman–Crippen MR) is 153 cm³/mol. The van der Waals surface area contributed by atoms with Crippen LogP contribution in [-0.2, 0) is 28.4 Å². The molecule has 208 valence electrons. The molecular weight excluding hydrogens is 551 g/mol. The zero-order valence-electron chi connectivity index (χ0n) is 21.9. The summed E-state index contributed by atoms with van der Waals surface area (Å²) in [5.41, 5.74) is 3.13. The third-order valence-electron chi connectivity index (χ3n) is 7.18. The Morgan fingerprint density at radius 1 is 1.00 bits per heavy atom. The van der Waals surface area contributed by atoms with Crippen molar-refractivity contribution in [2.45, 2.75) is 25.0 Å². The normalized spacial score (nSPS) is 21.6. The SMILES string of the molecule is Clc1ccc(C2(Cn3cncn3)OCC(COc3ccc(N4CCN(Cc5cccnc5)CC4)cc3)O2)c(Cl)c1. The van der Waals surface area contributed by atoms with Crippen molar-refractivity contribution in [1.29, 1.82) is 0 Å². The van der Waals surface area contributed by atoms with Crippen LogP contribution in [0.1, 0.15) is 11.1 Å². The monoisotopic (exact) mass is 580 g/mol. The number of anilines is 1. The summed E-state index contributed by atoms with van der Waals surface area (Å²) in [6.45, 7) is 5.89. The molecule has 9 nitrogen and oxygen atoms in total. The van der Waals surface area contributed by atoms with Crippen LogP contribution in [0.2, 0.25) is 10.0 Å². The zero-order valence-corrected chi connectivity index (χ0v) is 23.4. The van der Waals surface area contributed by atoms with E-state index in [1.807, 2.05) is 36.7 Å². The molecule has 2 unspecified atom stereocenters. The molecule has 2 saturated heterocycles. The number of halogens is 2. The predicted octanol–water partition coefficient (Wildman–Crippen LogP) is 4.65. The fraction of sp³-hybridized carbons (Fsp3) is 0.345. The molecule has 2 atom stereocenters. The molecule has 4 heterocycles. The van der Waals surface area contributed by atoms with Crippen LogP contribution in [0.5, 0.6) is 5.75 Å². The van der Waals surface area contributed by atoms with Gasteiger partial charge in [-0.2, -0.15) is 5.10 Å². The Labute approximate surface area is 243 Å². The Balaban J connectivity index is 1.04. The van der Waals surface area contributed by atoms with Crippen LogP contribution in [0, 0.1) is 0 Å². The molecule has 2 aromatic carbocycles. The molecule has 11 heteroatoms. The number of piperazine rings is 1. The number of nitrogens with zero attached hydrogens (tertiary/aromatic N) is 6. The molecule has 2 aromatic heterocycles. The van der Waals surface area contributed by atoms with E-state index in [0.717, 1.165) is 38.5 Å². The van der Waals surface area contributed by atoms with Gasteiger partial charge in [0.1, 0.15) is 37.7 Å². The molecule has 0 amide bonds. The highest BCUT2D eigenvalue weighted by Gasteiger charge is 2.45. The third kappa shape index (κ3) is 6.24. The van der Waals surface area contributed by atoms with Gasteiger partial charge >= 0.3 is 0 Å². The van der Waals surface area contributed by atoms with Crippen molar-refractivity contribution in [3.8, 4) is 5.75 Å². The molecule has 6 rings (SSSR count).